The highest BCUT2D eigenvalue weighted by Crippen LogP contribution is 2.20. The molecular formula is C16H23N7. The zero-order chi connectivity index (χ0) is 16.2. The summed E-state index contributed by atoms with van der Waals surface area (Å²) in [5.74, 6) is 3.40. The average Bonchev–Trinajstić information content (AvgIpc) is 2.55. The Labute approximate surface area is 136 Å². The van der Waals surface area contributed by atoms with Crippen LogP contribution in [0.1, 0.15) is 18.7 Å². The second-order valence-corrected chi connectivity index (χ2v) is 6.03. The summed E-state index contributed by atoms with van der Waals surface area (Å²) in [4.78, 5) is 21.7. The minimum atomic E-state index is 0.351. The van der Waals surface area contributed by atoms with Crippen LogP contribution in [0.5, 0.6) is 0 Å². The molecule has 23 heavy (non-hydrogen) atoms. The number of hydrogen-bond acceptors (Lipinski definition) is 7. The molecule has 122 valence electrons. The van der Waals surface area contributed by atoms with Crippen LogP contribution < -0.4 is 15.1 Å². The molecule has 0 amide bonds. The van der Waals surface area contributed by atoms with Crippen LogP contribution in [-0.4, -0.2) is 53.2 Å². The lowest BCUT2D eigenvalue weighted by Gasteiger charge is -2.34. The lowest BCUT2D eigenvalue weighted by Crippen LogP contribution is -2.42. The first-order valence-corrected chi connectivity index (χ1v) is 7.93. The molecule has 1 unspecified atom stereocenters. The molecular weight excluding hydrogens is 290 g/mol. The van der Waals surface area contributed by atoms with Gasteiger partial charge in [-0.3, -0.25) is 0 Å². The van der Waals surface area contributed by atoms with Crippen LogP contribution in [0.2, 0.25) is 0 Å². The summed E-state index contributed by atoms with van der Waals surface area (Å²) < 4.78 is 0. The molecule has 1 atom stereocenters. The Kier molecular flexibility index (Phi) is 4.55. The summed E-state index contributed by atoms with van der Waals surface area (Å²) in [6, 6.07) is 4.24. The van der Waals surface area contributed by atoms with Crippen molar-refractivity contribution in [2.45, 2.75) is 25.8 Å². The van der Waals surface area contributed by atoms with Gasteiger partial charge in [-0.1, -0.05) is 0 Å². The average molecular weight is 313 g/mol. The molecule has 3 heterocycles. The smallest absolute Gasteiger partial charge is 0.226 e. The van der Waals surface area contributed by atoms with Crippen LogP contribution in [-0.2, 0) is 0 Å². The monoisotopic (exact) mass is 313 g/mol. The predicted octanol–water partition coefficient (Wildman–Crippen LogP) is 1.72. The van der Waals surface area contributed by atoms with Gasteiger partial charge in [-0.2, -0.15) is 4.98 Å². The highest BCUT2D eigenvalue weighted by atomic mass is 15.3. The van der Waals surface area contributed by atoms with E-state index in [4.69, 9.17) is 0 Å². The molecule has 0 aliphatic carbocycles. The molecule has 0 radical (unpaired) electrons. The first kappa shape index (κ1) is 15.5. The van der Waals surface area contributed by atoms with Gasteiger partial charge in [0.25, 0.3) is 0 Å². The van der Waals surface area contributed by atoms with Gasteiger partial charge in [-0.15, -0.1) is 0 Å². The number of anilines is 3. The van der Waals surface area contributed by atoms with Crippen molar-refractivity contribution in [3.05, 3.63) is 30.4 Å². The normalized spacial score (nSPS) is 17.9. The molecule has 2 aromatic heterocycles. The second kappa shape index (κ2) is 6.76. The van der Waals surface area contributed by atoms with E-state index in [2.05, 4.69) is 30.2 Å². The van der Waals surface area contributed by atoms with Gasteiger partial charge in [0.2, 0.25) is 5.95 Å². The van der Waals surface area contributed by atoms with Gasteiger partial charge in [-0.05, 0) is 31.9 Å². The van der Waals surface area contributed by atoms with Crippen molar-refractivity contribution in [1.82, 2.24) is 19.9 Å². The predicted molar refractivity (Wildman–Crippen MR) is 92.0 cm³/mol. The molecule has 7 heteroatoms. The fourth-order valence-electron chi connectivity index (χ4n) is 2.78. The molecule has 0 bridgehead atoms. The Bertz CT molecular complexity index is 658. The van der Waals surface area contributed by atoms with Gasteiger partial charge >= 0.3 is 0 Å². The maximum Gasteiger partial charge on any atom is 0.226 e. The topological polar surface area (TPSA) is 70.1 Å². The van der Waals surface area contributed by atoms with E-state index in [0.717, 1.165) is 43.4 Å². The Balaban J connectivity index is 1.68. The van der Waals surface area contributed by atoms with Crippen LogP contribution >= 0.6 is 0 Å². The molecule has 1 aliphatic heterocycles. The minimum absolute atomic E-state index is 0.351. The number of piperidine rings is 1. The van der Waals surface area contributed by atoms with E-state index < -0.39 is 0 Å². The van der Waals surface area contributed by atoms with Gasteiger partial charge in [0, 0.05) is 45.6 Å². The molecule has 7 nitrogen and oxygen atoms in total. The van der Waals surface area contributed by atoms with E-state index in [1.165, 1.54) is 0 Å². The molecule has 1 aliphatic rings. The second-order valence-electron chi connectivity index (χ2n) is 6.03. The van der Waals surface area contributed by atoms with Crippen LogP contribution in [0.15, 0.2) is 24.5 Å². The van der Waals surface area contributed by atoms with Crippen molar-refractivity contribution >= 4 is 17.6 Å². The fourth-order valence-corrected chi connectivity index (χ4v) is 2.78. The summed E-state index contributed by atoms with van der Waals surface area (Å²) in [5.41, 5.74) is 0. The summed E-state index contributed by atoms with van der Waals surface area (Å²) in [6.45, 7) is 3.87. The lowest BCUT2D eigenvalue weighted by atomic mass is 10.1. The van der Waals surface area contributed by atoms with Crippen LogP contribution in [0, 0.1) is 6.92 Å². The number of rotatable bonds is 4. The van der Waals surface area contributed by atoms with Gasteiger partial charge < -0.3 is 15.1 Å². The summed E-state index contributed by atoms with van der Waals surface area (Å²) >= 11 is 0. The third-order valence-corrected chi connectivity index (χ3v) is 3.90. The van der Waals surface area contributed by atoms with Gasteiger partial charge in [0.1, 0.15) is 17.5 Å². The Morgan fingerprint density at radius 1 is 1.17 bits per heavy atom. The molecule has 1 saturated heterocycles. The van der Waals surface area contributed by atoms with Crippen LogP contribution in [0.4, 0.5) is 17.6 Å². The van der Waals surface area contributed by atoms with E-state index in [0.29, 0.717) is 12.0 Å². The quantitative estimate of drug-likeness (QED) is 0.921. The SMILES string of the molecule is Cc1nccc(N2CCCC(Nc3ccnc(N(C)C)n3)C2)n1. The zero-order valence-electron chi connectivity index (χ0n) is 13.9. The number of hydrogen-bond donors (Lipinski definition) is 1. The number of nitrogens with one attached hydrogen (secondary N) is 1. The van der Waals surface area contributed by atoms with Crippen molar-refractivity contribution < 1.29 is 0 Å². The summed E-state index contributed by atoms with van der Waals surface area (Å²) in [6.07, 6.45) is 5.87. The Morgan fingerprint density at radius 3 is 2.78 bits per heavy atom. The maximum absolute atomic E-state index is 4.54. The number of aromatic nitrogens is 4. The van der Waals surface area contributed by atoms with Crippen molar-refractivity contribution in [2.75, 3.05) is 42.3 Å². The lowest BCUT2D eigenvalue weighted by molar-refractivity contribution is 0.525. The molecule has 1 N–H and O–H groups in total. The first-order valence-electron chi connectivity index (χ1n) is 7.93. The fraction of sp³-hybridized carbons (Fsp3) is 0.500. The summed E-state index contributed by atoms with van der Waals surface area (Å²) in [7, 11) is 3.89. The van der Waals surface area contributed by atoms with Crippen molar-refractivity contribution in [3.63, 3.8) is 0 Å². The largest absolute Gasteiger partial charge is 0.365 e. The number of aryl methyl sites for hydroxylation is 1. The van der Waals surface area contributed by atoms with E-state index in [-0.39, 0.29) is 0 Å². The molecule has 2 aromatic rings. The Morgan fingerprint density at radius 2 is 2.00 bits per heavy atom. The van der Waals surface area contributed by atoms with E-state index >= 15 is 0 Å². The molecule has 0 spiro atoms. The first-order chi connectivity index (χ1) is 11.1. The number of nitrogens with zero attached hydrogens (tertiary/aromatic N) is 6. The van der Waals surface area contributed by atoms with Crippen LogP contribution in [0.3, 0.4) is 0 Å². The van der Waals surface area contributed by atoms with Crippen LogP contribution in [0.25, 0.3) is 0 Å². The van der Waals surface area contributed by atoms with E-state index in [1.807, 2.05) is 44.2 Å². The third kappa shape index (κ3) is 3.85. The van der Waals surface area contributed by atoms with E-state index in [9.17, 15) is 0 Å². The van der Waals surface area contributed by atoms with Crippen molar-refractivity contribution in [3.8, 4) is 0 Å². The van der Waals surface area contributed by atoms with Crippen molar-refractivity contribution in [1.29, 1.82) is 0 Å². The molecule has 1 fully saturated rings. The van der Waals surface area contributed by atoms with Gasteiger partial charge in [0.15, 0.2) is 0 Å². The highest BCUT2D eigenvalue weighted by molar-refractivity contribution is 5.43. The third-order valence-electron chi connectivity index (χ3n) is 3.90. The van der Waals surface area contributed by atoms with E-state index in [1.54, 1.807) is 6.20 Å². The van der Waals surface area contributed by atoms with Gasteiger partial charge in [0.05, 0.1) is 0 Å². The molecule has 0 aromatic carbocycles. The Hall–Kier alpha value is -2.44. The van der Waals surface area contributed by atoms with Gasteiger partial charge in [-0.25, -0.2) is 15.0 Å². The maximum atomic E-state index is 4.54. The highest BCUT2D eigenvalue weighted by Gasteiger charge is 2.21. The standard InChI is InChI=1S/C16H23N7/c1-12-17-9-7-15(19-12)23-10-4-5-13(11-23)20-14-6-8-18-16(21-14)22(2)3/h6-9,13H,4-5,10-11H2,1-3H3,(H,18,20,21). The summed E-state index contributed by atoms with van der Waals surface area (Å²) in [5, 5.41) is 3.53. The van der Waals surface area contributed by atoms with Crippen molar-refractivity contribution in [2.24, 2.45) is 0 Å². The zero-order valence-corrected chi connectivity index (χ0v) is 13.9. The molecule has 3 rings (SSSR count). The molecule has 0 saturated carbocycles. The minimum Gasteiger partial charge on any atom is -0.365 e.